The van der Waals surface area contributed by atoms with Gasteiger partial charge < -0.3 is 10.4 Å². The fourth-order valence-corrected chi connectivity index (χ4v) is 3.04. The standard InChI is InChI=1S/C16H18ClN3O2S/c1-10-5-4-6-12(11(10)2)18-14-8-7-13(17)19-16(20(14)3)23-9-15(21)22/h4-8,13-14,18H,3,9H2,1-2H3/p+1. The highest BCUT2D eigenvalue weighted by Crippen LogP contribution is 2.22. The number of aliphatic carboxylic acids is 1. The lowest BCUT2D eigenvalue weighted by Crippen LogP contribution is -2.34. The smallest absolute Gasteiger partial charge is 0.357 e. The van der Waals surface area contributed by atoms with E-state index >= 15 is 0 Å². The van der Waals surface area contributed by atoms with E-state index in [-0.39, 0.29) is 11.9 Å². The lowest BCUT2D eigenvalue weighted by atomic mass is 10.1. The second-order valence-electron chi connectivity index (χ2n) is 5.16. The first-order valence-electron chi connectivity index (χ1n) is 7.05. The van der Waals surface area contributed by atoms with Gasteiger partial charge in [0.15, 0.2) is 6.17 Å². The molecule has 0 spiro atoms. The molecule has 2 unspecified atom stereocenters. The number of carbonyl (C=O) groups is 1. The number of carboxylic acid groups (broad SMARTS) is 1. The summed E-state index contributed by atoms with van der Waals surface area (Å²) >= 11 is 7.21. The van der Waals surface area contributed by atoms with Gasteiger partial charge in [0.25, 0.3) is 0 Å². The number of aryl methyl sites for hydroxylation is 1. The Balaban J connectivity index is 2.22. The van der Waals surface area contributed by atoms with Crippen LogP contribution in [-0.2, 0) is 4.79 Å². The van der Waals surface area contributed by atoms with Crippen molar-refractivity contribution >= 4 is 46.9 Å². The molecule has 0 radical (unpaired) electrons. The van der Waals surface area contributed by atoms with Gasteiger partial charge >= 0.3 is 11.1 Å². The normalized spacial score (nSPS) is 20.8. The number of benzene rings is 1. The Morgan fingerprint density at radius 1 is 1.48 bits per heavy atom. The predicted molar refractivity (Wildman–Crippen MR) is 97.0 cm³/mol. The summed E-state index contributed by atoms with van der Waals surface area (Å²) in [5.41, 5.74) is 2.79. The lowest BCUT2D eigenvalue weighted by molar-refractivity contribution is -0.416. The average molecular weight is 353 g/mol. The predicted octanol–water partition coefficient (Wildman–Crippen LogP) is 3.06. The highest BCUT2D eigenvalue weighted by atomic mass is 35.5. The van der Waals surface area contributed by atoms with Gasteiger partial charge in [0, 0.05) is 5.69 Å². The van der Waals surface area contributed by atoms with Crippen molar-refractivity contribution in [2.75, 3.05) is 11.1 Å². The molecule has 0 aliphatic carbocycles. The van der Waals surface area contributed by atoms with Gasteiger partial charge in [-0.05, 0) is 55.0 Å². The van der Waals surface area contributed by atoms with Crippen molar-refractivity contribution in [2.45, 2.75) is 25.5 Å². The molecule has 0 bridgehead atoms. The molecule has 0 aromatic heterocycles. The molecule has 0 saturated heterocycles. The van der Waals surface area contributed by atoms with Gasteiger partial charge in [-0.1, -0.05) is 28.7 Å². The van der Waals surface area contributed by atoms with Crippen molar-refractivity contribution in [3.8, 4) is 0 Å². The molecule has 23 heavy (non-hydrogen) atoms. The van der Waals surface area contributed by atoms with Gasteiger partial charge in [0.1, 0.15) is 5.75 Å². The molecule has 1 aromatic rings. The third-order valence-corrected chi connectivity index (χ3v) is 4.73. The first-order valence-corrected chi connectivity index (χ1v) is 8.48. The zero-order valence-corrected chi connectivity index (χ0v) is 14.6. The van der Waals surface area contributed by atoms with Gasteiger partial charge in [0.05, 0.1) is 6.72 Å². The highest BCUT2D eigenvalue weighted by Gasteiger charge is 2.27. The minimum absolute atomic E-state index is 0.0926. The lowest BCUT2D eigenvalue weighted by Gasteiger charge is -2.18. The van der Waals surface area contributed by atoms with Crippen molar-refractivity contribution in [3.63, 3.8) is 0 Å². The Labute approximate surface area is 144 Å². The van der Waals surface area contributed by atoms with E-state index in [0.29, 0.717) is 5.17 Å². The summed E-state index contributed by atoms with van der Waals surface area (Å²) in [7, 11) is 0. The van der Waals surface area contributed by atoms with E-state index < -0.39 is 11.5 Å². The third-order valence-electron chi connectivity index (χ3n) is 3.50. The van der Waals surface area contributed by atoms with Crippen LogP contribution in [-0.4, -0.2) is 45.0 Å². The molecule has 122 valence electrons. The van der Waals surface area contributed by atoms with Gasteiger partial charge in [0.2, 0.25) is 5.50 Å². The van der Waals surface area contributed by atoms with Crippen LogP contribution in [0.25, 0.3) is 0 Å². The van der Waals surface area contributed by atoms with E-state index in [4.69, 9.17) is 16.7 Å². The first-order chi connectivity index (χ1) is 10.9. The maximum absolute atomic E-state index is 10.8. The summed E-state index contributed by atoms with van der Waals surface area (Å²) in [6.45, 7) is 8.09. The third kappa shape index (κ3) is 4.59. The zero-order valence-electron chi connectivity index (χ0n) is 13.0. The molecule has 1 aliphatic rings. The Morgan fingerprint density at radius 3 is 2.91 bits per heavy atom. The summed E-state index contributed by atoms with van der Waals surface area (Å²) in [5.74, 6) is -1.00. The zero-order chi connectivity index (χ0) is 17.0. The molecule has 7 heteroatoms. The topological polar surface area (TPSA) is 64.7 Å². The number of carboxylic acids is 1. The van der Waals surface area contributed by atoms with Gasteiger partial charge in [-0.3, -0.25) is 4.79 Å². The molecule has 0 fully saturated rings. The fraction of sp³-hybridized carbons (Fsp3) is 0.312. The maximum Gasteiger partial charge on any atom is 0.357 e. The number of rotatable bonds is 4. The van der Waals surface area contributed by atoms with Crippen molar-refractivity contribution < 1.29 is 14.5 Å². The highest BCUT2D eigenvalue weighted by molar-refractivity contribution is 8.13. The molecular formula is C16H19ClN3O2S+. The summed E-state index contributed by atoms with van der Waals surface area (Å²) in [5, 5.41) is 12.7. The number of nitrogens with zero attached hydrogens (tertiary/aromatic N) is 2. The Bertz CT molecular complexity index is 688. The van der Waals surface area contributed by atoms with Crippen LogP contribution in [0.2, 0.25) is 0 Å². The van der Waals surface area contributed by atoms with E-state index in [2.05, 4.69) is 30.0 Å². The van der Waals surface area contributed by atoms with Crippen molar-refractivity contribution in [1.29, 1.82) is 0 Å². The van der Waals surface area contributed by atoms with E-state index in [1.165, 1.54) is 5.56 Å². The number of amidine groups is 1. The minimum Gasteiger partial charge on any atom is -0.481 e. The summed E-state index contributed by atoms with van der Waals surface area (Å²) in [4.78, 5) is 15.1. The molecule has 0 amide bonds. The van der Waals surface area contributed by atoms with Crippen LogP contribution in [0.1, 0.15) is 11.1 Å². The number of hydrogen-bond acceptors (Lipinski definition) is 4. The van der Waals surface area contributed by atoms with Crippen LogP contribution >= 0.6 is 23.4 Å². The maximum atomic E-state index is 10.8. The van der Waals surface area contributed by atoms with Crippen LogP contribution in [0.4, 0.5) is 5.69 Å². The molecule has 1 heterocycles. The van der Waals surface area contributed by atoms with Gasteiger partial charge in [-0.15, -0.1) is 0 Å². The fourth-order valence-electron chi connectivity index (χ4n) is 2.08. The number of alkyl halides is 1. The molecule has 5 nitrogen and oxygen atoms in total. The number of thioether (sulfide) groups is 1. The first kappa shape index (κ1) is 17.6. The second kappa shape index (κ2) is 7.66. The molecule has 1 aromatic carbocycles. The molecule has 0 saturated carbocycles. The number of hydrogen-bond donors (Lipinski definition) is 2. The quantitative estimate of drug-likeness (QED) is 0.378. The van der Waals surface area contributed by atoms with Crippen molar-refractivity contribution in [3.05, 3.63) is 41.5 Å². The molecular weight excluding hydrogens is 334 g/mol. The van der Waals surface area contributed by atoms with E-state index in [0.717, 1.165) is 23.0 Å². The van der Waals surface area contributed by atoms with E-state index in [1.807, 2.05) is 25.1 Å². The van der Waals surface area contributed by atoms with Crippen molar-refractivity contribution in [2.24, 2.45) is 4.99 Å². The van der Waals surface area contributed by atoms with Crippen LogP contribution in [0.3, 0.4) is 0 Å². The number of halogens is 1. The minimum atomic E-state index is -0.909. The SMILES string of the molecule is C=[N+]1C(SCC(=O)O)=NC(Cl)C=CC1Nc1cccc(C)c1C. The Hall–Kier alpha value is -1.79. The summed E-state index contributed by atoms with van der Waals surface area (Å²) < 4.78 is 1.65. The van der Waals surface area contributed by atoms with Crippen LogP contribution in [0.5, 0.6) is 0 Å². The number of nitrogens with one attached hydrogen (secondary N) is 1. The number of anilines is 1. The van der Waals surface area contributed by atoms with E-state index in [1.54, 1.807) is 10.7 Å². The number of aliphatic imine (C=N–C) groups is 1. The van der Waals surface area contributed by atoms with E-state index in [9.17, 15) is 4.79 Å². The van der Waals surface area contributed by atoms with Crippen LogP contribution < -0.4 is 5.32 Å². The van der Waals surface area contributed by atoms with Gasteiger partial charge in [-0.25, -0.2) is 4.58 Å². The largest absolute Gasteiger partial charge is 0.481 e. The van der Waals surface area contributed by atoms with Crippen molar-refractivity contribution in [1.82, 2.24) is 0 Å². The average Bonchev–Trinajstić information content (AvgIpc) is 2.63. The summed E-state index contributed by atoms with van der Waals surface area (Å²) in [6.07, 6.45) is 3.38. The molecule has 2 N–H and O–H groups in total. The summed E-state index contributed by atoms with van der Waals surface area (Å²) in [6, 6.07) is 6.03. The molecule has 1 aliphatic heterocycles. The second-order valence-corrected chi connectivity index (χ2v) is 6.55. The van der Waals surface area contributed by atoms with Gasteiger partial charge in [-0.2, -0.15) is 0 Å². The molecule has 2 atom stereocenters. The molecule has 2 rings (SSSR count). The Morgan fingerprint density at radius 2 is 2.22 bits per heavy atom. The van der Waals surface area contributed by atoms with Crippen LogP contribution in [0, 0.1) is 13.8 Å². The monoisotopic (exact) mass is 352 g/mol. The Kier molecular flexibility index (Phi) is 5.85. The van der Waals surface area contributed by atoms with Crippen LogP contribution in [0.15, 0.2) is 35.3 Å².